The van der Waals surface area contributed by atoms with E-state index < -0.39 is 17.3 Å². The zero-order valence-electron chi connectivity index (χ0n) is 11.4. The Morgan fingerprint density at radius 1 is 1.32 bits per heavy atom. The molecule has 2 heterocycles. The highest BCUT2D eigenvalue weighted by Crippen LogP contribution is 2.31. The van der Waals surface area contributed by atoms with Gasteiger partial charge in [-0.15, -0.1) is 11.3 Å². The first-order valence-electron chi connectivity index (χ1n) is 6.53. The highest BCUT2D eigenvalue weighted by atomic mass is 32.2. The minimum atomic E-state index is -2.45. The van der Waals surface area contributed by atoms with Gasteiger partial charge >= 0.3 is 6.03 Å². The number of urea groups is 1. The third kappa shape index (κ3) is 2.80. The van der Waals surface area contributed by atoms with Crippen LogP contribution in [0.4, 0.5) is 9.80 Å². The predicted molar refractivity (Wildman–Crippen MR) is 87.1 cm³/mol. The summed E-state index contributed by atoms with van der Waals surface area (Å²) in [5.74, 6) is 0. The molecule has 2 amide bonds. The van der Waals surface area contributed by atoms with Gasteiger partial charge in [-0.2, -0.15) is 9.41 Å². The second-order valence-corrected chi connectivity index (χ2v) is 6.32. The number of hydrogen-bond acceptors (Lipinski definition) is 4. The van der Waals surface area contributed by atoms with E-state index in [1.807, 2.05) is 30.3 Å². The second-order valence-electron chi connectivity index (χ2n) is 4.56. The molecule has 0 saturated heterocycles. The molecule has 0 spiro atoms. The summed E-state index contributed by atoms with van der Waals surface area (Å²) in [7, 11) is 0. The van der Waals surface area contributed by atoms with E-state index in [0.717, 1.165) is 9.87 Å². The quantitative estimate of drug-likeness (QED) is 0.875. The van der Waals surface area contributed by atoms with Gasteiger partial charge in [-0.05, 0) is 23.1 Å². The van der Waals surface area contributed by atoms with Crippen molar-refractivity contribution in [3.8, 4) is 0 Å². The van der Waals surface area contributed by atoms with E-state index in [0.29, 0.717) is 11.4 Å². The predicted octanol–water partition coefficient (Wildman–Crippen LogP) is 3.24. The van der Waals surface area contributed by atoms with Crippen molar-refractivity contribution in [1.29, 1.82) is 0 Å². The number of amides is 2. The molecular formula is C14H13N3O3S2. The van der Waals surface area contributed by atoms with E-state index in [-0.39, 0.29) is 6.04 Å². The van der Waals surface area contributed by atoms with Gasteiger partial charge in [0, 0.05) is 12.6 Å². The van der Waals surface area contributed by atoms with Crippen LogP contribution < -0.4 is 4.31 Å². The lowest BCUT2D eigenvalue weighted by atomic mass is 10.1. The van der Waals surface area contributed by atoms with Gasteiger partial charge in [0.15, 0.2) is 0 Å². The fourth-order valence-electron chi connectivity index (χ4n) is 2.27. The van der Waals surface area contributed by atoms with Crippen molar-refractivity contribution >= 4 is 39.9 Å². The molecule has 0 fully saturated rings. The Hall–Kier alpha value is -2.03. The maximum Gasteiger partial charge on any atom is 0.360 e. The summed E-state index contributed by atoms with van der Waals surface area (Å²) >= 11 is -1.23. The average molecular weight is 335 g/mol. The number of anilines is 1. The molecule has 0 aliphatic carbocycles. The molecule has 22 heavy (non-hydrogen) atoms. The smallest absolute Gasteiger partial charge is 0.289 e. The second kappa shape index (κ2) is 6.39. The first kappa shape index (κ1) is 14.9. The zero-order chi connectivity index (χ0) is 15.5. The molecular weight excluding hydrogens is 322 g/mol. The fraction of sp³-hybridized carbons (Fsp3) is 0.143. The van der Waals surface area contributed by atoms with Crippen LogP contribution in [0.25, 0.3) is 0 Å². The maximum absolute atomic E-state index is 12.7. The maximum atomic E-state index is 12.7. The lowest BCUT2D eigenvalue weighted by molar-refractivity contribution is 0.197. The van der Waals surface area contributed by atoms with E-state index in [4.69, 9.17) is 0 Å². The Morgan fingerprint density at radius 2 is 2.09 bits per heavy atom. The summed E-state index contributed by atoms with van der Waals surface area (Å²) in [4.78, 5) is 12.7. The summed E-state index contributed by atoms with van der Waals surface area (Å²) in [6.45, 7) is 0. The molecule has 3 rings (SSSR count). The number of hydrazone groups is 1. The first-order valence-corrected chi connectivity index (χ1v) is 8.48. The number of hydrogen-bond donors (Lipinski definition) is 1. The van der Waals surface area contributed by atoms with E-state index >= 15 is 0 Å². The average Bonchev–Trinajstić information content (AvgIpc) is 3.19. The van der Waals surface area contributed by atoms with Gasteiger partial charge < -0.3 is 0 Å². The Bertz CT molecular complexity index is 703. The summed E-state index contributed by atoms with van der Waals surface area (Å²) in [6, 6.07) is 11.9. The van der Waals surface area contributed by atoms with E-state index in [1.54, 1.807) is 23.7 Å². The lowest BCUT2D eigenvalue weighted by Crippen LogP contribution is -2.41. The van der Waals surface area contributed by atoms with Crippen LogP contribution in [0.2, 0.25) is 0 Å². The van der Waals surface area contributed by atoms with Crippen LogP contribution in [0.15, 0.2) is 52.9 Å². The van der Waals surface area contributed by atoms with Crippen molar-refractivity contribution in [2.45, 2.75) is 12.5 Å². The highest BCUT2D eigenvalue weighted by Gasteiger charge is 2.34. The molecule has 2 aromatic rings. The van der Waals surface area contributed by atoms with Gasteiger partial charge in [-0.25, -0.2) is 14.0 Å². The van der Waals surface area contributed by atoms with Gasteiger partial charge in [0.2, 0.25) is 0 Å². The number of benzene rings is 1. The van der Waals surface area contributed by atoms with Crippen LogP contribution in [0.3, 0.4) is 0 Å². The summed E-state index contributed by atoms with van der Waals surface area (Å²) in [5.41, 5.74) is 0.934. The molecule has 1 N–H and O–H groups in total. The Kier molecular flexibility index (Phi) is 4.32. The molecule has 0 bridgehead atoms. The van der Waals surface area contributed by atoms with Crippen molar-refractivity contribution in [2.75, 3.05) is 4.31 Å². The van der Waals surface area contributed by atoms with E-state index in [9.17, 15) is 13.6 Å². The van der Waals surface area contributed by atoms with Gasteiger partial charge in [-0.1, -0.05) is 30.3 Å². The summed E-state index contributed by atoms with van der Waals surface area (Å²) < 4.78 is 21.9. The topological polar surface area (TPSA) is 73.2 Å². The SMILES string of the molecule is O=C(N1N=CCC1c1ccccc1)N(c1cccs1)S(=O)O. The number of carbonyl (C=O) groups excluding carboxylic acids is 1. The number of thiophene rings is 1. The minimum absolute atomic E-state index is 0.264. The molecule has 2 unspecified atom stereocenters. The van der Waals surface area contributed by atoms with Crippen LogP contribution in [-0.4, -0.2) is 26.0 Å². The largest absolute Gasteiger partial charge is 0.360 e. The molecule has 2 atom stereocenters. The van der Waals surface area contributed by atoms with Crippen LogP contribution >= 0.6 is 11.3 Å². The van der Waals surface area contributed by atoms with Gasteiger partial charge in [0.25, 0.3) is 11.3 Å². The van der Waals surface area contributed by atoms with E-state index in [1.165, 1.54) is 16.3 Å². The van der Waals surface area contributed by atoms with Gasteiger partial charge in [-0.3, -0.25) is 4.55 Å². The van der Waals surface area contributed by atoms with Crippen molar-refractivity contribution in [2.24, 2.45) is 5.10 Å². The first-order chi connectivity index (χ1) is 10.7. The summed E-state index contributed by atoms with van der Waals surface area (Å²) in [5, 5.41) is 7.48. The lowest BCUT2D eigenvalue weighted by Gasteiger charge is -2.26. The Morgan fingerprint density at radius 3 is 2.73 bits per heavy atom. The Balaban J connectivity index is 1.89. The normalized spacial score (nSPS) is 18.4. The number of nitrogens with zero attached hydrogens (tertiary/aromatic N) is 3. The third-order valence-corrected chi connectivity index (χ3v) is 4.88. The van der Waals surface area contributed by atoms with Crippen molar-refractivity contribution in [3.63, 3.8) is 0 Å². The molecule has 1 aliphatic heterocycles. The zero-order valence-corrected chi connectivity index (χ0v) is 13.0. The molecule has 0 saturated carbocycles. The van der Waals surface area contributed by atoms with Crippen LogP contribution in [-0.2, 0) is 11.3 Å². The van der Waals surface area contributed by atoms with Gasteiger partial charge in [0.05, 0.1) is 6.04 Å². The van der Waals surface area contributed by atoms with E-state index in [2.05, 4.69) is 5.10 Å². The van der Waals surface area contributed by atoms with Gasteiger partial charge in [0.1, 0.15) is 5.00 Å². The molecule has 1 aliphatic rings. The third-order valence-electron chi connectivity index (χ3n) is 3.25. The fourth-order valence-corrected chi connectivity index (χ4v) is 3.65. The molecule has 114 valence electrons. The van der Waals surface area contributed by atoms with Crippen LogP contribution in [0.1, 0.15) is 18.0 Å². The van der Waals surface area contributed by atoms with Crippen LogP contribution in [0, 0.1) is 0 Å². The monoisotopic (exact) mass is 335 g/mol. The minimum Gasteiger partial charge on any atom is -0.289 e. The molecule has 1 aromatic carbocycles. The van der Waals surface area contributed by atoms with Crippen LogP contribution in [0.5, 0.6) is 0 Å². The highest BCUT2D eigenvalue weighted by molar-refractivity contribution is 7.81. The standard InChI is InChI=1S/C14H13N3O3S2/c18-14(17(22(19)20)13-7-4-10-21-13)16-12(8-9-15-16)11-5-2-1-3-6-11/h1-7,9-10,12H,8H2,(H,19,20). The number of rotatable bonds is 3. The molecule has 8 heteroatoms. The van der Waals surface area contributed by atoms with Crippen molar-refractivity contribution in [1.82, 2.24) is 5.01 Å². The number of carbonyl (C=O) groups is 1. The molecule has 0 radical (unpaired) electrons. The summed E-state index contributed by atoms with van der Waals surface area (Å²) in [6.07, 6.45) is 2.22. The molecule has 1 aromatic heterocycles. The van der Waals surface area contributed by atoms with Crippen molar-refractivity contribution in [3.05, 3.63) is 53.4 Å². The Labute approximate surface area is 134 Å². The molecule has 6 nitrogen and oxygen atoms in total. The van der Waals surface area contributed by atoms with Crippen molar-refractivity contribution < 1.29 is 13.6 Å².